The maximum atomic E-state index is 12.3. The molecular weight excluding hydrogens is 679 g/mol. The van der Waals surface area contributed by atoms with Crippen LogP contribution in [0.15, 0.2) is 60.8 Å². The molecule has 0 atom stereocenters. The van der Waals surface area contributed by atoms with Crippen molar-refractivity contribution in [2.45, 2.75) is 47.3 Å². The fourth-order valence-electron chi connectivity index (χ4n) is 2.87. The summed E-state index contributed by atoms with van der Waals surface area (Å²) in [5.74, 6) is 0.976. The van der Waals surface area contributed by atoms with Gasteiger partial charge in [0.1, 0.15) is 11.6 Å². The van der Waals surface area contributed by atoms with E-state index in [9.17, 15) is 4.79 Å². The molecule has 3 N–H and O–H groups in total. The first-order chi connectivity index (χ1) is 19.7. The summed E-state index contributed by atoms with van der Waals surface area (Å²) in [6.45, 7) is 8.86. The number of rotatable bonds is 7. The van der Waals surface area contributed by atoms with E-state index in [-0.39, 0.29) is 25.4 Å². The monoisotopic (exact) mass is 707 g/mol. The van der Waals surface area contributed by atoms with E-state index < -0.39 is 25.9 Å². The minimum atomic E-state index is -4.94. The molecule has 0 bridgehead atoms. The molecule has 1 amide bonds. The molecule has 3 aromatic heterocycles. The summed E-state index contributed by atoms with van der Waals surface area (Å²) >= 11 is 0. The second-order valence-corrected chi connectivity index (χ2v) is 10.7. The van der Waals surface area contributed by atoms with Crippen LogP contribution in [0.5, 0.6) is 0 Å². The molecule has 3 heterocycles. The fraction of sp³-hybridized carbons (Fsp3) is 0.320. The predicted molar refractivity (Wildman–Crippen MR) is 129 cm³/mol. The molecule has 19 heteroatoms. The molecule has 0 radical (unpaired) electrons. The van der Waals surface area contributed by atoms with E-state index >= 15 is 0 Å². The van der Waals surface area contributed by atoms with Crippen LogP contribution < -0.4 is 48.3 Å². The van der Waals surface area contributed by atoms with E-state index in [0.29, 0.717) is 31.3 Å². The molecule has 0 saturated carbocycles. The van der Waals surface area contributed by atoms with E-state index in [4.69, 9.17) is 48.3 Å². The van der Waals surface area contributed by atoms with Crippen LogP contribution >= 0.6 is 0 Å². The van der Waals surface area contributed by atoms with Crippen LogP contribution in [-0.2, 0) is 43.9 Å². The quantitative estimate of drug-likeness (QED) is 0.216. The van der Waals surface area contributed by atoms with Crippen LogP contribution in [0.25, 0.3) is 0 Å². The number of nitrogen functional groups attached to an aromatic ring is 1. The Morgan fingerprint density at radius 1 is 0.841 bits per heavy atom. The number of hydrogen-bond donors (Lipinski definition) is 2. The average molecular weight is 710 g/mol. The minimum Gasteiger partial charge on any atom is -0.384 e. The molecule has 0 unspecified atom stereocenters. The number of anilines is 2. The summed E-state index contributed by atoms with van der Waals surface area (Å²) in [6.07, 6.45) is 1.78. The van der Waals surface area contributed by atoms with Crippen molar-refractivity contribution in [1.82, 2.24) is 19.9 Å². The Balaban J connectivity index is 0. The van der Waals surface area contributed by atoms with Gasteiger partial charge < -0.3 is 11.1 Å². The van der Waals surface area contributed by atoms with Gasteiger partial charge in [-0.15, -0.1) is 20.5 Å². The average Bonchev–Trinajstić information content (AvgIpc) is 2.83. The Hall–Kier alpha value is -2.95. The third kappa shape index (κ3) is 25.5. The van der Waals surface area contributed by atoms with Crippen molar-refractivity contribution in [1.29, 1.82) is 5.26 Å². The molecule has 0 aliphatic rings. The molecule has 0 fully saturated rings. The normalized spacial score (nSPS) is 10.7. The third-order valence-corrected chi connectivity index (χ3v) is 4.44. The predicted octanol–water partition coefficient (Wildman–Crippen LogP) is -5.34. The van der Waals surface area contributed by atoms with Gasteiger partial charge in [0.2, 0.25) is 5.91 Å². The molecule has 16 nitrogen and oxygen atoms in total. The summed E-state index contributed by atoms with van der Waals surface area (Å²) in [4.78, 5) is 28.0. The second-order valence-electron chi connectivity index (χ2n) is 9.22. The second kappa shape index (κ2) is 20.9. The van der Waals surface area contributed by atoms with Crippen LogP contribution in [0.1, 0.15) is 44.8 Å². The number of aromatic nitrogens is 3. The number of nitrogens with two attached hydrogens (primary N) is 1. The zero-order chi connectivity index (χ0) is 33.3. The molecule has 0 aliphatic carbocycles. The maximum absolute atomic E-state index is 12.3. The van der Waals surface area contributed by atoms with Gasteiger partial charge in [-0.2, -0.15) is 5.26 Å². The number of halogens is 2. The van der Waals surface area contributed by atoms with Crippen molar-refractivity contribution in [2.75, 3.05) is 11.1 Å². The first kappa shape index (κ1) is 43.2. The first-order valence-electron chi connectivity index (χ1n) is 11.9. The molecule has 0 aromatic carbocycles. The summed E-state index contributed by atoms with van der Waals surface area (Å²) in [7, 11) is -9.89. The van der Waals surface area contributed by atoms with Crippen molar-refractivity contribution in [3.8, 4) is 6.07 Å². The van der Waals surface area contributed by atoms with E-state index in [0.717, 1.165) is 17.1 Å². The summed E-state index contributed by atoms with van der Waals surface area (Å²) in [5, 5.41) is 10.2. The molecule has 0 aliphatic heterocycles. The molecule has 3 rings (SSSR count). The number of pyridine rings is 3. The van der Waals surface area contributed by atoms with Crippen LogP contribution in [0.2, 0.25) is 0 Å². The van der Waals surface area contributed by atoms with Gasteiger partial charge in [0.25, 0.3) is 0 Å². The minimum absolute atomic E-state index is 0. The largest absolute Gasteiger partial charge is 2.00 e. The van der Waals surface area contributed by atoms with Crippen molar-refractivity contribution in [3.63, 3.8) is 0 Å². The van der Waals surface area contributed by atoms with E-state index in [1.807, 2.05) is 63.2 Å². The number of hydrogen-bond acceptors (Lipinski definition) is 15. The summed E-state index contributed by atoms with van der Waals surface area (Å²) in [6, 6.07) is 18.9. The molecule has 3 aromatic rings. The van der Waals surface area contributed by atoms with Crippen molar-refractivity contribution >= 4 is 17.5 Å². The molecular formula is C25H31Cl2N7O9Zn. The third-order valence-electron chi connectivity index (χ3n) is 4.44. The van der Waals surface area contributed by atoms with Gasteiger partial charge in [0.05, 0.1) is 23.2 Å². The van der Waals surface area contributed by atoms with Gasteiger partial charge in [0, 0.05) is 38.2 Å². The van der Waals surface area contributed by atoms with Gasteiger partial charge in [-0.25, -0.2) is 47.2 Å². The summed E-state index contributed by atoms with van der Waals surface area (Å²) < 4.78 is 67.9. The Bertz CT molecular complexity index is 1260. The molecule has 0 saturated heterocycles. The van der Waals surface area contributed by atoms with E-state index in [1.54, 1.807) is 24.4 Å². The van der Waals surface area contributed by atoms with Crippen molar-refractivity contribution in [2.24, 2.45) is 5.41 Å². The van der Waals surface area contributed by atoms with Gasteiger partial charge in [-0.3, -0.25) is 14.7 Å². The number of nitrogens with zero attached hydrogens (tertiary/aromatic N) is 5. The van der Waals surface area contributed by atoms with Gasteiger partial charge in [0.15, 0.2) is 0 Å². The Morgan fingerprint density at radius 3 is 1.70 bits per heavy atom. The van der Waals surface area contributed by atoms with Gasteiger partial charge >= 0.3 is 19.5 Å². The summed E-state index contributed by atoms with van der Waals surface area (Å²) in [5.41, 5.74) is 8.05. The fourth-order valence-corrected chi connectivity index (χ4v) is 2.87. The van der Waals surface area contributed by atoms with Crippen molar-refractivity contribution < 1.29 is 82.0 Å². The number of nitrogens with one attached hydrogen (secondary N) is 1. The zero-order valence-electron chi connectivity index (χ0n) is 24.3. The standard InChI is InChI=1S/C23H28N6O.C2H3N.2ClHO4.Zn/c1-23(2,3)22(30)28-21-12-7-10-19(27-21)16-29(14-17-8-4-5-13-25-17)15-18-9-6-11-20(24)26-18;1-2-3;2*2-1(3,4)5;/h4-13H,14-16H2,1-3H3,(H2,24,26)(H,27,28,30);1H3;2*(H,2,3,4,5);/q;;;;+2/p-2. The van der Waals surface area contributed by atoms with Crippen LogP contribution in [0.3, 0.4) is 0 Å². The van der Waals surface area contributed by atoms with E-state index in [2.05, 4.69) is 25.2 Å². The smallest absolute Gasteiger partial charge is 0.384 e. The topological polar surface area (TPSA) is 305 Å². The first-order valence-corrected chi connectivity index (χ1v) is 14.3. The maximum Gasteiger partial charge on any atom is 2.00 e. The SMILES string of the molecule is CC#N.CC(C)(C)C(=O)Nc1cccc(CN(Cc2ccccn2)Cc2cccc(N)n2)n1.[O-][Cl+3]([O-])([O-])[O-].[O-][Cl+3]([O-])([O-])[O-].[Zn+2]. The Morgan fingerprint density at radius 2 is 1.27 bits per heavy atom. The van der Waals surface area contributed by atoms with Gasteiger partial charge in [-0.1, -0.05) is 39.0 Å². The number of amides is 1. The van der Waals surface area contributed by atoms with Crippen LogP contribution in [0.4, 0.5) is 11.6 Å². The van der Waals surface area contributed by atoms with E-state index in [1.165, 1.54) is 6.92 Å². The molecule has 0 spiro atoms. The number of carbonyl (C=O) groups is 1. The Kier molecular flexibility index (Phi) is 20.5. The van der Waals surface area contributed by atoms with Crippen LogP contribution in [-0.4, -0.2) is 25.8 Å². The molecule has 44 heavy (non-hydrogen) atoms. The Labute approximate surface area is 271 Å². The number of nitriles is 1. The zero-order valence-corrected chi connectivity index (χ0v) is 28.8. The van der Waals surface area contributed by atoms with Crippen molar-refractivity contribution in [3.05, 3.63) is 77.9 Å². The van der Waals surface area contributed by atoms with Crippen LogP contribution in [0, 0.1) is 37.2 Å². The number of carbonyl (C=O) groups excluding carboxylic acids is 1. The van der Waals surface area contributed by atoms with Gasteiger partial charge in [-0.05, 0) is 36.4 Å². The molecule has 236 valence electrons.